The topological polar surface area (TPSA) is 35.6 Å². The van der Waals surface area contributed by atoms with Gasteiger partial charge in [0.2, 0.25) is 5.91 Å². The Balaban J connectivity index is 1.27. The number of amides is 1. The van der Waals surface area contributed by atoms with Gasteiger partial charge < -0.3 is 5.32 Å². The van der Waals surface area contributed by atoms with Crippen LogP contribution in [0, 0.1) is 18.7 Å². The molecular formula is C22H32FN3O. The molecule has 4 rings (SSSR count). The van der Waals surface area contributed by atoms with E-state index in [1.165, 1.54) is 0 Å². The highest BCUT2D eigenvalue weighted by molar-refractivity contribution is 5.79. The van der Waals surface area contributed by atoms with E-state index in [1.54, 1.807) is 0 Å². The molecule has 5 heteroatoms. The first-order valence-corrected chi connectivity index (χ1v) is 10.6. The molecule has 2 saturated heterocycles. The summed E-state index contributed by atoms with van der Waals surface area (Å²) in [5.74, 6) is 0.383. The van der Waals surface area contributed by atoms with Gasteiger partial charge in [-0.05, 0) is 70.6 Å². The summed E-state index contributed by atoms with van der Waals surface area (Å²) >= 11 is 0. The first-order chi connectivity index (χ1) is 13.1. The van der Waals surface area contributed by atoms with E-state index in [-0.39, 0.29) is 17.6 Å². The molecule has 2 heterocycles. The van der Waals surface area contributed by atoms with Crippen LogP contribution in [-0.2, 0) is 11.3 Å². The summed E-state index contributed by atoms with van der Waals surface area (Å²) in [5.41, 5.74) is 1.54. The monoisotopic (exact) mass is 373 g/mol. The average molecular weight is 374 g/mol. The molecule has 1 aromatic carbocycles. The van der Waals surface area contributed by atoms with E-state index in [1.807, 2.05) is 25.1 Å². The third-order valence-corrected chi connectivity index (χ3v) is 6.49. The minimum atomic E-state index is -0.0554. The molecule has 1 saturated carbocycles. The number of likely N-dealkylation sites (tertiary alicyclic amines) is 2. The van der Waals surface area contributed by atoms with Crippen molar-refractivity contribution >= 4 is 5.91 Å². The quantitative estimate of drug-likeness (QED) is 0.862. The van der Waals surface area contributed by atoms with Crippen molar-refractivity contribution in [1.29, 1.82) is 0 Å². The number of nitrogens with one attached hydrogen (secondary N) is 1. The van der Waals surface area contributed by atoms with Crippen molar-refractivity contribution in [2.75, 3.05) is 26.2 Å². The van der Waals surface area contributed by atoms with Crippen LogP contribution in [0.25, 0.3) is 0 Å². The smallest absolute Gasteiger partial charge is 0.224 e. The molecule has 0 radical (unpaired) electrons. The van der Waals surface area contributed by atoms with Crippen molar-refractivity contribution in [3.8, 4) is 0 Å². The highest BCUT2D eigenvalue weighted by Gasteiger charge is 2.33. The molecule has 3 aliphatic rings. The molecule has 1 N–H and O–H groups in total. The van der Waals surface area contributed by atoms with Crippen LogP contribution < -0.4 is 5.32 Å². The van der Waals surface area contributed by atoms with Gasteiger partial charge in [-0.1, -0.05) is 18.2 Å². The number of carbonyl (C=O) groups excluding carboxylic acids is 1. The lowest BCUT2D eigenvalue weighted by Gasteiger charge is -2.42. The Morgan fingerprint density at radius 1 is 1.15 bits per heavy atom. The van der Waals surface area contributed by atoms with Crippen LogP contribution in [0.15, 0.2) is 18.2 Å². The third-order valence-electron chi connectivity index (χ3n) is 6.49. The lowest BCUT2D eigenvalue weighted by atomic mass is 9.93. The zero-order valence-corrected chi connectivity index (χ0v) is 16.4. The summed E-state index contributed by atoms with van der Waals surface area (Å²) in [6.45, 7) is 6.57. The average Bonchev–Trinajstić information content (AvgIpc) is 3.50. The molecule has 1 aromatic rings. The molecule has 148 valence electrons. The molecule has 0 aromatic heterocycles. The maximum atomic E-state index is 14.3. The van der Waals surface area contributed by atoms with Crippen LogP contribution in [0.5, 0.6) is 0 Å². The molecule has 3 fully saturated rings. The standard InChI is InChI=1S/C22H32FN3O/c1-16-4-2-5-17(21(16)23)14-25-12-9-20(10-13-25)26-11-3-6-18(15-26)22(27)24-19-7-8-19/h2,4-5,18-20H,3,6-15H2,1H3,(H,24,27)/t18-/m0/s1. The third kappa shape index (κ3) is 4.69. The van der Waals surface area contributed by atoms with Crippen LogP contribution in [0.1, 0.15) is 49.7 Å². The lowest BCUT2D eigenvalue weighted by Crippen LogP contribution is -2.50. The van der Waals surface area contributed by atoms with Gasteiger partial charge in [0.25, 0.3) is 0 Å². The summed E-state index contributed by atoms with van der Waals surface area (Å²) in [6, 6.07) is 6.71. The van der Waals surface area contributed by atoms with E-state index in [0.717, 1.165) is 75.8 Å². The largest absolute Gasteiger partial charge is 0.353 e. The SMILES string of the molecule is Cc1cccc(CN2CCC(N3CCC[C@H](C(=O)NC4CC4)C3)CC2)c1F. The molecule has 1 aliphatic carbocycles. The van der Waals surface area contributed by atoms with Gasteiger partial charge in [0.05, 0.1) is 5.92 Å². The number of nitrogens with zero attached hydrogens (tertiary/aromatic N) is 2. The summed E-state index contributed by atoms with van der Waals surface area (Å²) in [7, 11) is 0. The Kier molecular flexibility index (Phi) is 5.79. The lowest BCUT2D eigenvalue weighted by molar-refractivity contribution is -0.127. The van der Waals surface area contributed by atoms with E-state index >= 15 is 0 Å². The number of hydrogen-bond acceptors (Lipinski definition) is 3. The minimum absolute atomic E-state index is 0.0554. The summed E-state index contributed by atoms with van der Waals surface area (Å²) in [5, 5.41) is 3.18. The van der Waals surface area contributed by atoms with Crippen LogP contribution in [-0.4, -0.2) is 54.0 Å². The highest BCUT2D eigenvalue weighted by atomic mass is 19.1. The van der Waals surface area contributed by atoms with Crippen LogP contribution in [0.3, 0.4) is 0 Å². The second kappa shape index (κ2) is 8.27. The molecule has 4 nitrogen and oxygen atoms in total. The summed E-state index contributed by atoms with van der Waals surface area (Å²) < 4.78 is 14.3. The number of hydrogen-bond donors (Lipinski definition) is 1. The molecular weight excluding hydrogens is 341 g/mol. The Morgan fingerprint density at radius 2 is 1.93 bits per heavy atom. The van der Waals surface area contributed by atoms with E-state index < -0.39 is 0 Å². The molecule has 27 heavy (non-hydrogen) atoms. The number of aryl methyl sites for hydroxylation is 1. The zero-order chi connectivity index (χ0) is 18.8. The second-order valence-corrected chi connectivity index (χ2v) is 8.67. The second-order valence-electron chi connectivity index (χ2n) is 8.67. The van der Waals surface area contributed by atoms with E-state index in [9.17, 15) is 9.18 Å². The minimum Gasteiger partial charge on any atom is -0.353 e. The Morgan fingerprint density at radius 3 is 2.67 bits per heavy atom. The van der Waals surface area contributed by atoms with E-state index in [2.05, 4.69) is 15.1 Å². The molecule has 2 aliphatic heterocycles. The Labute approximate surface area is 162 Å². The van der Waals surface area contributed by atoms with Gasteiger partial charge in [-0.2, -0.15) is 0 Å². The molecule has 0 unspecified atom stereocenters. The number of rotatable bonds is 5. The highest BCUT2D eigenvalue weighted by Crippen LogP contribution is 2.26. The Hall–Kier alpha value is -1.46. The van der Waals surface area contributed by atoms with Crippen LogP contribution in [0.2, 0.25) is 0 Å². The van der Waals surface area contributed by atoms with Gasteiger partial charge in [0.15, 0.2) is 0 Å². The fourth-order valence-corrected chi connectivity index (χ4v) is 4.61. The fourth-order valence-electron chi connectivity index (χ4n) is 4.61. The van der Waals surface area contributed by atoms with Crippen molar-refractivity contribution in [2.45, 2.75) is 64.1 Å². The number of carbonyl (C=O) groups is 1. The molecule has 1 amide bonds. The van der Waals surface area contributed by atoms with Gasteiger partial charge in [-0.3, -0.25) is 14.6 Å². The predicted molar refractivity (Wildman–Crippen MR) is 105 cm³/mol. The molecule has 1 atom stereocenters. The van der Waals surface area contributed by atoms with Crippen molar-refractivity contribution < 1.29 is 9.18 Å². The molecule has 0 bridgehead atoms. The van der Waals surface area contributed by atoms with Crippen molar-refractivity contribution in [3.05, 3.63) is 35.1 Å². The normalized spacial score (nSPS) is 25.5. The maximum Gasteiger partial charge on any atom is 0.224 e. The van der Waals surface area contributed by atoms with Gasteiger partial charge >= 0.3 is 0 Å². The summed E-state index contributed by atoms with van der Waals surface area (Å²) in [4.78, 5) is 17.3. The van der Waals surface area contributed by atoms with Crippen molar-refractivity contribution in [2.24, 2.45) is 5.92 Å². The van der Waals surface area contributed by atoms with Gasteiger partial charge in [-0.15, -0.1) is 0 Å². The predicted octanol–water partition coefficient (Wildman–Crippen LogP) is 3.09. The molecule has 0 spiro atoms. The van der Waals surface area contributed by atoms with Gasteiger partial charge in [-0.25, -0.2) is 4.39 Å². The number of benzene rings is 1. The first-order valence-electron chi connectivity index (χ1n) is 10.6. The van der Waals surface area contributed by atoms with E-state index in [0.29, 0.717) is 18.6 Å². The number of piperidine rings is 2. The maximum absolute atomic E-state index is 14.3. The zero-order valence-electron chi connectivity index (χ0n) is 16.4. The number of halogens is 1. The van der Waals surface area contributed by atoms with E-state index in [4.69, 9.17) is 0 Å². The summed E-state index contributed by atoms with van der Waals surface area (Å²) in [6.07, 6.45) is 6.69. The van der Waals surface area contributed by atoms with Crippen LogP contribution >= 0.6 is 0 Å². The van der Waals surface area contributed by atoms with Gasteiger partial charge in [0.1, 0.15) is 5.82 Å². The first kappa shape index (κ1) is 18.9. The fraction of sp³-hybridized carbons (Fsp3) is 0.682. The Bertz CT molecular complexity index is 668. The van der Waals surface area contributed by atoms with Crippen LogP contribution in [0.4, 0.5) is 4.39 Å². The van der Waals surface area contributed by atoms with Crippen molar-refractivity contribution in [1.82, 2.24) is 15.1 Å². The van der Waals surface area contributed by atoms with Gasteiger partial charge in [0, 0.05) is 30.7 Å². The van der Waals surface area contributed by atoms with Crippen molar-refractivity contribution in [3.63, 3.8) is 0 Å².